The van der Waals surface area contributed by atoms with Gasteiger partial charge in [0, 0.05) is 12.1 Å². The molecule has 0 unspecified atom stereocenters. The Morgan fingerprint density at radius 1 is 0.952 bits per heavy atom. The lowest BCUT2D eigenvalue weighted by Crippen LogP contribution is -1.95. The largest absolute Gasteiger partial charge is 0.392 e. The van der Waals surface area contributed by atoms with Crippen molar-refractivity contribution in [1.82, 2.24) is 0 Å². The van der Waals surface area contributed by atoms with Gasteiger partial charge in [-0.25, -0.2) is 0 Å². The van der Waals surface area contributed by atoms with Crippen molar-refractivity contribution in [3.63, 3.8) is 0 Å². The van der Waals surface area contributed by atoms with E-state index >= 15 is 0 Å². The Hall–Kier alpha value is -2.45. The van der Waals surface area contributed by atoms with Gasteiger partial charge in [0.2, 0.25) is 0 Å². The molecular weight excluding hydrogens is 296 g/mol. The lowest BCUT2D eigenvalue weighted by atomic mass is 10.2. The van der Waals surface area contributed by atoms with E-state index in [0.29, 0.717) is 10.5 Å². The molecule has 8 heteroatoms. The topological polar surface area (TPSA) is 107 Å². The van der Waals surface area contributed by atoms with E-state index in [4.69, 9.17) is 5.11 Å². The van der Waals surface area contributed by atoms with Crippen LogP contribution in [0.3, 0.4) is 0 Å². The zero-order valence-corrected chi connectivity index (χ0v) is 11.4. The van der Waals surface area contributed by atoms with Crippen LogP contribution in [0.5, 0.6) is 0 Å². The summed E-state index contributed by atoms with van der Waals surface area (Å²) in [5, 5.41) is 31.1. The van der Waals surface area contributed by atoms with Gasteiger partial charge >= 0.3 is 0 Å². The number of nitro benzene ring substituents is 2. The zero-order valence-electron chi connectivity index (χ0n) is 10.6. The van der Waals surface area contributed by atoms with Crippen LogP contribution in [0.4, 0.5) is 11.4 Å². The van der Waals surface area contributed by atoms with Crippen LogP contribution in [0.15, 0.2) is 52.3 Å². The van der Waals surface area contributed by atoms with E-state index in [1.54, 1.807) is 12.1 Å². The van der Waals surface area contributed by atoms with Gasteiger partial charge in [-0.05, 0) is 17.7 Å². The second kappa shape index (κ2) is 6.33. The van der Waals surface area contributed by atoms with Crippen LogP contribution in [0.1, 0.15) is 5.56 Å². The first kappa shape index (κ1) is 14.9. The van der Waals surface area contributed by atoms with Gasteiger partial charge < -0.3 is 5.11 Å². The molecule has 0 aliphatic rings. The van der Waals surface area contributed by atoms with Crippen molar-refractivity contribution in [2.45, 2.75) is 16.4 Å². The summed E-state index contributed by atoms with van der Waals surface area (Å²) >= 11 is 0.952. The smallest absolute Gasteiger partial charge is 0.283 e. The standard InChI is InChI=1S/C13H10N2O5S/c16-8-9-5-6-13(11(7-9)15(19)20)21-12-4-2-1-3-10(12)14(17)18/h1-7,16H,8H2. The third kappa shape index (κ3) is 3.36. The normalized spacial score (nSPS) is 10.3. The van der Waals surface area contributed by atoms with Gasteiger partial charge in [0.15, 0.2) is 0 Å². The molecule has 21 heavy (non-hydrogen) atoms. The van der Waals surface area contributed by atoms with E-state index in [1.807, 2.05) is 0 Å². The fourth-order valence-electron chi connectivity index (χ4n) is 1.70. The third-order valence-electron chi connectivity index (χ3n) is 2.68. The first-order valence-electron chi connectivity index (χ1n) is 5.82. The molecule has 1 N–H and O–H groups in total. The molecule has 2 aromatic rings. The van der Waals surface area contributed by atoms with E-state index in [-0.39, 0.29) is 22.9 Å². The van der Waals surface area contributed by atoms with Crippen LogP contribution in [0.25, 0.3) is 0 Å². The third-order valence-corrected chi connectivity index (χ3v) is 3.81. The van der Waals surface area contributed by atoms with Crippen molar-refractivity contribution < 1.29 is 15.0 Å². The van der Waals surface area contributed by atoms with E-state index < -0.39 is 9.85 Å². The van der Waals surface area contributed by atoms with Gasteiger partial charge in [0.1, 0.15) is 0 Å². The van der Waals surface area contributed by atoms with Gasteiger partial charge in [-0.2, -0.15) is 0 Å². The molecule has 0 heterocycles. The molecule has 0 spiro atoms. The Morgan fingerprint density at radius 2 is 1.57 bits per heavy atom. The van der Waals surface area contributed by atoms with Gasteiger partial charge in [-0.15, -0.1) is 0 Å². The average molecular weight is 306 g/mol. The molecule has 0 aliphatic carbocycles. The monoisotopic (exact) mass is 306 g/mol. The van der Waals surface area contributed by atoms with Crippen LogP contribution >= 0.6 is 11.8 Å². The summed E-state index contributed by atoms with van der Waals surface area (Å²) in [6.07, 6.45) is 0. The second-order valence-electron chi connectivity index (χ2n) is 4.04. The fourth-order valence-corrected chi connectivity index (χ4v) is 2.71. The molecule has 2 rings (SSSR count). The average Bonchev–Trinajstić information content (AvgIpc) is 2.47. The number of nitrogens with zero attached hydrogens (tertiary/aromatic N) is 2. The van der Waals surface area contributed by atoms with E-state index in [0.717, 1.165) is 11.8 Å². The van der Waals surface area contributed by atoms with Crippen LogP contribution in [0, 0.1) is 20.2 Å². The molecule has 0 amide bonds. The molecular formula is C13H10N2O5S. The number of hydrogen-bond acceptors (Lipinski definition) is 6. The lowest BCUT2D eigenvalue weighted by molar-refractivity contribution is -0.388. The van der Waals surface area contributed by atoms with E-state index in [9.17, 15) is 20.2 Å². The van der Waals surface area contributed by atoms with Gasteiger partial charge in [-0.3, -0.25) is 20.2 Å². The Morgan fingerprint density at radius 3 is 2.19 bits per heavy atom. The number of aliphatic hydroxyl groups excluding tert-OH is 1. The highest BCUT2D eigenvalue weighted by Gasteiger charge is 2.20. The van der Waals surface area contributed by atoms with Crippen molar-refractivity contribution in [3.8, 4) is 0 Å². The quantitative estimate of drug-likeness (QED) is 0.671. The number of hydrogen-bond donors (Lipinski definition) is 1. The second-order valence-corrected chi connectivity index (χ2v) is 5.13. The Bertz CT molecular complexity index is 705. The Kier molecular flexibility index (Phi) is 4.51. The summed E-state index contributed by atoms with van der Waals surface area (Å²) < 4.78 is 0. The Balaban J connectivity index is 2.45. The molecule has 0 saturated carbocycles. The number of aliphatic hydroxyl groups is 1. The number of rotatable bonds is 5. The minimum absolute atomic E-state index is 0.108. The van der Waals surface area contributed by atoms with Crippen LogP contribution in [0.2, 0.25) is 0 Å². The molecule has 108 valence electrons. The maximum absolute atomic E-state index is 11.1. The fraction of sp³-hybridized carbons (Fsp3) is 0.0769. The predicted octanol–water partition coefficient (Wildman–Crippen LogP) is 3.15. The molecule has 0 atom stereocenters. The first-order valence-corrected chi connectivity index (χ1v) is 6.64. The highest BCUT2D eigenvalue weighted by atomic mass is 32.2. The van der Waals surface area contributed by atoms with E-state index in [2.05, 4.69) is 0 Å². The summed E-state index contributed by atoms with van der Waals surface area (Å²) in [6.45, 7) is -0.308. The summed E-state index contributed by atoms with van der Waals surface area (Å²) in [4.78, 5) is 21.5. The predicted molar refractivity (Wildman–Crippen MR) is 76.2 cm³/mol. The number of benzene rings is 2. The summed E-state index contributed by atoms with van der Waals surface area (Å²) in [7, 11) is 0. The molecule has 0 aliphatic heterocycles. The van der Waals surface area contributed by atoms with Crippen molar-refractivity contribution in [3.05, 3.63) is 68.3 Å². The molecule has 0 radical (unpaired) electrons. The molecule has 2 aromatic carbocycles. The SMILES string of the molecule is O=[N+]([O-])c1ccccc1Sc1ccc(CO)cc1[N+](=O)[O-]. The van der Waals surface area contributed by atoms with Gasteiger partial charge in [0.25, 0.3) is 11.4 Å². The number of nitro groups is 2. The first-order chi connectivity index (χ1) is 10.0. The molecule has 0 fully saturated rings. The highest BCUT2D eigenvalue weighted by Crippen LogP contribution is 2.39. The lowest BCUT2D eigenvalue weighted by Gasteiger charge is -2.05. The van der Waals surface area contributed by atoms with Crippen LogP contribution in [-0.4, -0.2) is 15.0 Å². The van der Waals surface area contributed by atoms with Crippen LogP contribution in [-0.2, 0) is 6.61 Å². The summed E-state index contributed by atoms with van der Waals surface area (Å²) in [5.41, 5.74) is 0.112. The number of para-hydroxylation sites is 1. The minimum Gasteiger partial charge on any atom is -0.392 e. The zero-order chi connectivity index (χ0) is 15.4. The van der Waals surface area contributed by atoms with E-state index in [1.165, 1.54) is 30.3 Å². The van der Waals surface area contributed by atoms with Crippen molar-refractivity contribution in [1.29, 1.82) is 0 Å². The van der Waals surface area contributed by atoms with Crippen molar-refractivity contribution in [2.24, 2.45) is 0 Å². The maximum Gasteiger partial charge on any atom is 0.283 e. The van der Waals surface area contributed by atoms with Crippen LogP contribution < -0.4 is 0 Å². The Labute approximate surface area is 123 Å². The summed E-state index contributed by atoms with van der Waals surface area (Å²) in [6, 6.07) is 10.3. The molecule has 0 bridgehead atoms. The maximum atomic E-state index is 11.1. The molecule has 7 nitrogen and oxygen atoms in total. The minimum atomic E-state index is -0.573. The summed E-state index contributed by atoms with van der Waals surface area (Å²) in [5.74, 6) is 0. The van der Waals surface area contributed by atoms with Crippen molar-refractivity contribution >= 4 is 23.1 Å². The molecule has 0 saturated heterocycles. The van der Waals surface area contributed by atoms with Gasteiger partial charge in [-0.1, -0.05) is 30.0 Å². The van der Waals surface area contributed by atoms with Crippen molar-refractivity contribution in [2.75, 3.05) is 0 Å². The van der Waals surface area contributed by atoms with Gasteiger partial charge in [0.05, 0.1) is 26.2 Å². The highest BCUT2D eigenvalue weighted by molar-refractivity contribution is 7.99. The molecule has 0 aromatic heterocycles.